The molecule has 1 heterocycles. The first-order valence-corrected chi connectivity index (χ1v) is 12.7. The van der Waals surface area contributed by atoms with Crippen LogP contribution in [0.4, 0.5) is 5.69 Å². The van der Waals surface area contributed by atoms with Gasteiger partial charge in [-0.05, 0) is 63.4 Å². The highest BCUT2D eigenvalue weighted by Crippen LogP contribution is 2.42. The third-order valence-corrected chi connectivity index (χ3v) is 5.99. The Morgan fingerprint density at radius 3 is 2.09 bits per heavy atom. The minimum atomic E-state index is -0.439. The lowest BCUT2D eigenvalue weighted by Gasteiger charge is -2.16. The molecule has 0 aliphatic heterocycles. The second kappa shape index (κ2) is 12.5. The molecule has 0 aliphatic carbocycles. The Balaban J connectivity index is 1.73. The van der Waals surface area contributed by atoms with Crippen LogP contribution in [0, 0.1) is 0 Å². The average molecular weight is 500 g/mol. The molecule has 35 heavy (non-hydrogen) atoms. The van der Waals surface area contributed by atoms with Gasteiger partial charge in [-0.3, -0.25) is 4.79 Å². The van der Waals surface area contributed by atoms with Gasteiger partial charge in [-0.2, -0.15) is 0 Å². The number of nitrogens with one attached hydrogen (secondary N) is 1. The fourth-order valence-electron chi connectivity index (χ4n) is 3.29. The van der Waals surface area contributed by atoms with Crippen molar-refractivity contribution in [1.29, 1.82) is 0 Å². The summed E-state index contributed by atoms with van der Waals surface area (Å²) in [5.74, 6) is 2.21. The summed E-state index contributed by atoms with van der Waals surface area (Å²) in [6.45, 7) is 13.2. The molecule has 0 aliphatic rings. The van der Waals surface area contributed by atoms with Crippen molar-refractivity contribution in [3.63, 3.8) is 0 Å². The standard InChI is InChI=1S/C26H33N3O5S/c1-7-31-21-14-19(15-22(32-8-2)23(21)33-9-3)25-28-29-26(34-25)35-17(6)24(30)27-20-12-10-18(11-13-20)16(4)5/h10-17H,7-9H2,1-6H3,(H,27,30). The van der Waals surface area contributed by atoms with Gasteiger partial charge in [0.2, 0.25) is 17.5 Å². The van der Waals surface area contributed by atoms with Crippen LogP contribution < -0.4 is 19.5 Å². The maximum absolute atomic E-state index is 12.7. The quantitative estimate of drug-likeness (QED) is 0.295. The van der Waals surface area contributed by atoms with Crippen LogP contribution in [0.3, 0.4) is 0 Å². The molecule has 0 saturated heterocycles. The molecule has 3 aromatic rings. The van der Waals surface area contributed by atoms with E-state index >= 15 is 0 Å². The molecule has 0 radical (unpaired) electrons. The number of rotatable bonds is 12. The highest BCUT2D eigenvalue weighted by molar-refractivity contribution is 8.00. The Kier molecular flexibility index (Phi) is 9.42. The Morgan fingerprint density at radius 1 is 0.943 bits per heavy atom. The summed E-state index contributed by atoms with van der Waals surface area (Å²) in [7, 11) is 0. The molecule has 1 unspecified atom stereocenters. The van der Waals surface area contributed by atoms with E-state index in [0.717, 1.165) is 5.69 Å². The zero-order valence-electron chi connectivity index (χ0n) is 21.1. The normalized spacial score (nSPS) is 11.9. The van der Waals surface area contributed by atoms with Crippen molar-refractivity contribution < 1.29 is 23.4 Å². The summed E-state index contributed by atoms with van der Waals surface area (Å²) in [6, 6.07) is 11.4. The third kappa shape index (κ3) is 6.91. The summed E-state index contributed by atoms with van der Waals surface area (Å²) in [6.07, 6.45) is 0. The molecule has 0 saturated carbocycles. The number of aromatic nitrogens is 2. The maximum atomic E-state index is 12.7. The number of hydrogen-bond acceptors (Lipinski definition) is 8. The van der Waals surface area contributed by atoms with Gasteiger partial charge in [0.25, 0.3) is 5.22 Å². The van der Waals surface area contributed by atoms with Crippen molar-refractivity contribution in [3.8, 4) is 28.7 Å². The van der Waals surface area contributed by atoms with Crippen LogP contribution in [0.1, 0.15) is 53.0 Å². The van der Waals surface area contributed by atoms with Crippen LogP contribution >= 0.6 is 11.8 Å². The first-order chi connectivity index (χ1) is 16.9. The zero-order valence-corrected chi connectivity index (χ0v) is 21.9. The Hall–Kier alpha value is -3.20. The Bertz CT molecular complexity index is 1090. The number of carbonyl (C=O) groups is 1. The predicted octanol–water partition coefficient (Wildman–Crippen LogP) is 6.18. The van der Waals surface area contributed by atoms with Crippen molar-refractivity contribution in [3.05, 3.63) is 42.0 Å². The van der Waals surface area contributed by atoms with Crippen LogP contribution in [-0.2, 0) is 4.79 Å². The van der Waals surface area contributed by atoms with E-state index in [1.807, 2.05) is 45.0 Å². The SMILES string of the molecule is CCOc1cc(-c2nnc(SC(C)C(=O)Nc3ccc(C(C)C)cc3)o2)cc(OCC)c1OCC. The van der Waals surface area contributed by atoms with Crippen LogP contribution in [0.25, 0.3) is 11.5 Å². The average Bonchev–Trinajstić information content (AvgIpc) is 3.30. The summed E-state index contributed by atoms with van der Waals surface area (Å²) in [4.78, 5) is 12.7. The van der Waals surface area contributed by atoms with Crippen molar-refractivity contribution in [2.75, 3.05) is 25.1 Å². The van der Waals surface area contributed by atoms with E-state index in [1.54, 1.807) is 19.1 Å². The second-order valence-corrected chi connectivity index (χ2v) is 9.29. The van der Waals surface area contributed by atoms with E-state index in [0.29, 0.717) is 59.7 Å². The first kappa shape index (κ1) is 26.4. The Labute approximate surface area is 210 Å². The summed E-state index contributed by atoms with van der Waals surface area (Å²) in [5.41, 5.74) is 2.61. The summed E-state index contributed by atoms with van der Waals surface area (Å²) in [5, 5.41) is 11.1. The zero-order chi connectivity index (χ0) is 25.4. The fourth-order valence-corrected chi connectivity index (χ4v) is 3.97. The van der Waals surface area contributed by atoms with Gasteiger partial charge >= 0.3 is 0 Å². The van der Waals surface area contributed by atoms with E-state index < -0.39 is 5.25 Å². The molecule has 1 atom stereocenters. The molecule has 3 rings (SSSR count). The third-order valence-electron chi connectivity index (χ3n) is 5.05. The molecular weight excluding hydrogens is 466 g/mol. The van der Waals surface area contributed by atoms with Gasteiger partial charge in [-0.25, -0.2) is 0 Å². The minimum absolute atomic E-state index is 0.148. The number of nitrogens with zero attached hydrogens (tertiary/aromatic N) is 2. The van der Waals surface area contributed by atoms with Crippen LogP contribution in [-0.4, -0.2) is 41.2 Å². The minimum Gasteiger partial charge on any atom is -0.490 e. The largest absolute Gasteiger partial charge is 0.490 e. The van der Waals surface area contributed by atoms with Gasteiger partial charge in [0.1, 0.15) is 0 Å². The lowest BCUT2D eigenvalue weighted by molar-refractivity contribution is -0.115. The highest BCUT2D eigenvalue weighted by Gasteiger charge is 2.21. The number of benzene rings is 2. The van der Waals surface area contributed by atoms with Gasteiger partial charge in [-0.15, -0.1) is 10.2 Å². The van der Waals surface area contributed by atoms with Gasteiger partial charge < -0.3 is 23.9 Å². The molecule has 2 aromatic carbocycles. The van der Waals surface area contributed by atoms with Crippen LogP contribution in [0.5, 0.6) is 17.2 Å². The smallest absolute Gasteiger partial charge is 0.277 e. The van der Waals surface area contributed by atoms with Gasteiger partial charge in [0, 0.05) is 11.3 Å². The monoisotopic (exact) mass is 499 g/mol. The van der Waals surface area contributed by atoms with Crippen LogP contribution in [0.2, 0.25) is 0 Å². The number of anilines is 1. The Morgan fingerprint density at radius 2 is 1.54 bits per heavy atom. The van der Waals surface area contributed by atoms with Crippen molar-refractivity contribution in [2.24, 2.45) is 0 Å². The molecule has 0 bridgehead atoms. The van der Waals surface area contributed by atoms with Gasteiger partial charge in [0.05, 0.1) is 25.1 Å². The number of hydrogen-bond donors (Lipinski definition) is 1. The molecular formula is C26H33N3O5S. The fraction of sp³-hybridized carbons (Fsp3) is 0.423. The summed E-state index contributed by atoms with van der Waals surface area (Å²) >= 11 is 1.20. The lowest BCUT2D eigenvalue weighted by atomic mass is 10.0. The maximum Gasteiger partial charge on any atom is 0.277 e. The number of amides is 1. The van der Waals surface area contributed by atoms with Crippen molar-refractivity contribution in [2.45, 2.75) is 57.9 Å². The topological polar surface area (TPSA) is 95.7 Å². The molecule has 0 fully saturated rings. The molecule has 0 spiro atoms. The van der Waals surface area contributed by atoms with E-state index in [-0.39, 0.29) is 5.91 Å². The predicted molar refractivity (Wildman–Crippen MR) is 138 cm³/mol. The number of carbonyl (C=O) groups excluding carboxylic acids is 1. The van der Waals surface area contributed by atoms with Crippen molar-refractivity contribution >= 4 is 23.4 Å². The lowest BCUT2D eigenvalue weighted by Crippen LogP contribution is -2.22. The van der Waals surface area contributed by atoms with Crippen molar-refractivity contribution in [1.82, 2.24) is 10.2 Å². The van der Waals surface area contributed by atoms with Gasteiger partial charge in [0.15, 0.2) is 11.5 Å². The van der Waals surface area contributed by atoms with E-state index in [1.165, 1.54) is 17.3 Å². The molecule has 1 N–H and O–H groups in total. The second-order valence-electron chi connectivity index (χ2n) is 8.00. The number of ether oxygens (including phenoxy) is 3. The van der Waals surface area contributed by atoms with Gasteiger partial charge in [-0.1, -0.05) is 37.7 Å². The van der Waals surface area contributed by atoms with E-state index in [9.17, 15) is 4.79 Å². The number of thioether (sulfide) groups is 1. The highest BCUT2D eigenvalue weighted by atomic mass is 32.2. The molecule has 8 nitrogen and oxygen atoms in total. The van der Waals surface area contributed by atoms with Crippen LogP contribution in [0.15, 0.2) is 46.0 Å². The van der Waals surface area contributed by atoms with E-state index in [4.69, 9.17) is 18.6 Å². The molecule has 9 heteroatoms. The summed E-state index contributed by atoms with van der Waals surface area (Å²) < 4.78 is 23.1. The first-order valence-electron chi connectivity index (χ1n) is 11.8. The molecule has 188 valence electrons. The van der Waals surface area contributed by atoms with E-state index in [2.05, 4.69) is 29.4 Å². The molecule has 1 aromatic heterocycles. The molecule has 1 amide bonds.